The average molecular weight is 512 g/mol. The third-order valence-electron chi connectivity index (χ3n) is 6.63. The second kappa shape index (κ2) is 10.8. The standard InChI is InChI=1S/C28H32F3N5O/c1-5-19-10-26(32-15-19)27(37)35-25-14-22(7-6-17(25)2)33-18(3)20-11-21(28(29,30)31)13-24(12-20)34-23-8-9-36(4)16-23/h6-7,10-14,23,33-34H,3,5,8-9,15-16H2,1-2,4H3,(H,35,37). The Labute approximate surface area is 215 Å². The fourth-order valence-electron chi connectivity index (χ4n) is 4.43. The number of likely N-dealkylation sites (N-methyl/N-ethyl adjacent to an activating group) is 1. The molecule has 2 aliphatic rings. The van der Waals surface area contributed by atoms with Gasteiger partial charge in [-0.05, 0) is 86.5 Å². The maximum atomic E-state index is 13.7. The van der Waals surface area contributed by atoms with Crippen LogP contribution >= 0.6 is 0 Å². The minimum absolute atomic E-state index is 0.0820. The molecule has 2 heterocycles. The van der Waals surface area contributed by atoms with Crippen molar-refractivity contribution in [1.29, 1.82) is 0 Å². The van der Waals surface area contributed by atoms with E-state index in [-0.39, 0.29) is 11.9 Å². The fourth-order valence-corrected chi connectivity index (χ4v) is 4.43. The van der Waals surface area contributed by atoms with Crippen molar-refractivity contribution < 1.29 is 18.0 Å². The number of nitrogens with zero attached hydrogens (tertiary/aromatic N) is 2. The molecule has 4 rings (SSSR count). The first kappa shape index (κ1) is 26.5. The van der Waals surface area contributed by atoms with Crippen LogP contribution in [0.4, 0.5) is 30.2 Å². The summed E-state index contributed by atoms with van der Waals surface area (Å²) in [6.45, 7) is 10.1. The first-order chi connectivity index (χ1) is 17.5. The summed E-state index contributed by atoms with van der Waals surface area (Å²) >= 11 is 0. The number of likely N-dealkylation sites (tertiary alicyclic amines) is 1. The highest BCUT2D eigenvalue weighted by Crippen LogP contribution is 2.34. The van der Waals surface area contributed by atoms with Crippen molar-refractivity contribution >= 4 is 34.4 Å². The van der Waals surface area contributed by atoms with Gasteiger partial charge < -0.3 is 20.9 Å². The first-order valence-corrected chi connectivity index (χ1v) is 12.3. The first-order valence-electron chi connectivity index (χ1n) is 12.3. The lowest BCUT2D eigenvalue weighted by molar-refractivity contribution is -0.137. The van der Waals surface area contributed by atoms with E-state index in [0.717, 1.165) is 49.2 Å². The van der Waals surface area contributed by atoms with E-state index in [2.05, 4.69) is 32.4 Å². The smallest absolute Gasteiger partial charge is 0.381 e. The Morgan fingerprint density at radius 1 is 1.16 bits per heavy atom. The van der Waals surface area contributed by atoms with E-state index in [1.165, 1.54) is 0 Å². The fraction of sp³-hybridized carbons (Fsp3) is 0.357. The van der Waals surface area contributed by atoms with Gasteiger partial charge in [0.05, 0.1) is 12.1 Å². The molecule has 3 N–H and O–H groups in total. The van der Waals surface area contributed by atoms with E-state index >= 15 is 0 Å². The topological polar surface area (TPSA) is 68.8 Å². The molecule has 0 bridgehead atoms. The van der Waals surface area contributed by atoms with Gasteiger partial charge in [-0.3, -0.25) is 9.79 Å². The number of hydrogen-bond donors (Lipinski definition) is 3. The summed E-state index contributed by atoms with van der Waals surface area (Å²) < 4.78 is 41.0. The van der Waals surface area contributed by atoms with E-state index < -0.39 is 11.7 Å². The van der Waals surface area contributed by atoms with Gasteiger partial charge in [-0.25, -0.2) is 0 Å². The Kier molecular flexibility index (Phi) is 7.73. The van der Waals surface area contributed by atoms with E-state index in [1.807, 2.05) is 27.0 Å². The van der Waals surface area contributed by atoms with Gasteiger partial charge in [0.2, 0.25) is 0 Å². The molecule has 196 valence electrons. The summed E-state index contributed by atoms with van der Waals surface area (Å²) in [5, 5.41) is 9.23. The monoisotopic (exact) mass is 511 g/mol. The molecule has 2 aromatic carbocycles. The van der Waals surface area contributed by atoms with Crippen LogP contribution < -0.4 is 16.0 Å². The Hall–Kier alpha value is -3.59. The van der Waals surface area contributed by atoms with Crippen LogP contribution in [0.25, 0.3) is 5.70 Å². The van der Waals surface area contributed by atoms with Crippen molar-refractivity contribution in [1.82, 2.24) is 4.90 Å². The maximum absolute atomic E-state index is 13.7. The Morgan fingerprint density at radius 2 is 1.95 bits per heavy atom. The molecule has 9 heteroatoms. The minimum atomic E-state index is -4.49. The van der Waals surface area contributed by atoms with Gasteiger partial charge in [-0.1, -0.05) is 19.6 Å². The number of carbonyl (C=O) groups is 1. The average Bonchev–Trinajstić information content (AvgIpc) is 3.49. The molecule has 1 atom stereocenters. The maximum Gasteiger partial charge on any atom is 0.416 e. The molecule has 0 radical (unpaired) electrons. The van der Waals surface area contributed by atoms with Gasteiger partial charge in [0.15, 0.2) is 0 Å². The van der Waals surface area contributed by atoms with Gasteiger partial charge in [-0.15, -0.1) is 0 Å². The number of halogens is 3. The zero-order valence-corrected chi connectivity index (χ0v) is 21.3. The molecule has 1 amide bonds. The molecular weight excluding hydrogens is 479 g/mol. The SMILES string of the molecule is C=C(Nc1ccc(C)c(NC(=O)C2=NCC(CC)=C2)c1)c1cc(NC2CCN(C)C2)cc(C(F)(F)F)c1. The number of alkyl halides is 3. The number of carbonyl (C=O) groups excluding carboxylic acids is 1. The quantitative estimate of drug-likeness (QED) is 0.410. The van der Waals surface area contributed by atoms with Crippen molar-refractivity contribution in [2.45, 2.75) is 38.9 Å². The van der Waals surface area contributed by atoms with Gasteiger partial charge in [0.1, 0.15) is 5.71 Å². The third kappa shape index (κ3) is 6.60. The van der Waals surface area contributed by atoms with Crippen LogP contribution in [0.5, 0.6) is 0 Å². The Bertz CT molecular complexity index is 1260. The number of rotatable bonds is 8. The van der Waals surface area contributed by atoms with E-state index in [1.54, 1.807) is 24.3 Å². The van der Waals surface area contributed by atoms with Crippen molar-refractivity contribution in [3.8, 4) is 0 Å². The normalized spacial score (nSPS) is 17.8. The number of aryl methyl sites for hydroxylation is 1. The second-order valence-electron chi connectivity index (χ2n) is 9.63. The van der Waals surface area contributed by atoms with Crippen LogP contribution in [0.1, 0.15) is 36.5 Å². The third-order valence-corrected chi connectivity index (χ3v) is 6.63. The van der Waals surface area contributed by atoms with Crippen LogP contribution in [-0.4, -0.2) is 49.2 Å². The lowest BCUT2D eigenvalue weighted by Gasteiger charge is -2.19. The molecule has 1 saturated heterocycles. The number of hydrogen-bond acceptors (Lipinski definition) is 5. The Morgan fingerprint density at radius 3 is 2.59 bits per heavy atom. The predicted octanol–water partition coefficient (Wildman–Crippen LogP) is 5.94. The molecule has 0 saturated carbocycles. The molecule has 37 heavy (non-hydrogen) atoms. The van der Waals surface area contributed by atoms with Crippen molar-refractivity contribution in [2.24, 2.45) is 4.99 Å². The molecule has 2 aromatic rings. The van der Waals surface area contributed by atoms with E-state index in [9.17, 15) is 18.0 Å². The second-order valence-corrected chi connectivity index (χ2v) is 9.63. The summed E-state index contributed by atoms with van der Waals surface area (Å²) in [6.07, 6.45) is -0.987. The van der Waals surface area contributed by atoms with E-state index in [4.69, 9.17) is 0 Å². The molecule has 6 nitrogen and oxygen atoms in total. The van der Waals surface area contributed by atoms with Crippen LogP contribution in [0.3, 0.4) is 0 Å². The molecule has 1 fully saturated rings. The minimum Gasteiger partial charge on any atom is -0.381 e. The number of benzene rings is 2. The van der Waals surface area contributed by atoms with Gasteiger partial charge in [0.25, 0.3) is 5.91 Å². The van der Waals surface area contributed by atoms with Crippen LogP contribution in [0.2, 0.25) is 0 Å². The molecule has 0 spiro atoms. The van der Waals surface area contributed by atoms with Gasteiger partial charge in [0, 0.05) is 35.3 Å². The highest BCUT2D eigenvalue weighted by molar-refractivity contribution is 6.47. The number of aliphatic imine (C=N–C) groups is 1. The van der Waals surface area contributed by atoms with Crippen molar-refractivity contribution in [3.05, 3.63) is 71.3 Å². The molecule has 1 unspecified atom stereocenters. The number of anilines is 3. The van der Waals surface area contributed by atoms with Crippen LogP contribution in [0, 0.1) is 6.92 Å². The predicted molar refractivity (Wildman–Crippen MR) is 144 cm³/mol. The summed E-state index contributed by atoms with van der Waals surface area (Å²) in [5.74, 6) is -0.298. The highest BCUT2D eigenvalue weighted by atomic mass is 19.4. The van der Waals surface area contributed by atoms with Gasteiger partial charge >= 0.3 is 6.18 Å². The Balaban J connectivity index is 1.52. The molecule has 2 aliphatic heterocycles. The summed E-state index contributed by atoms with van der Waals surface area (Å²) in [6, 6.07) is 9.34. The van der Waals surface area contributed by atoms with E-state index in [0.29, 0.717) is 40.6 Å². The molecular formula is C28H32F3N5O. The highest BCUT2D eigenvalue weighted by Gasteiger charge is 2.32. The zero-order chi connectivity index (χ0) is 26.7. The molecule has 0 aliphatic carbocycles. The summed E-state index contributed by atoms with van der Waals surface area (Å²) in [5.41, 5.74) is 3.81. The lowest BCUT2D eigenvalue weighted by atomic mass is 10.1. The summed E-state index contributed by atoms with van der Waals surface area (Å²) in [7, 11) is 1.99. The van der Waals surface area contributed by atoms with Gasteiger partial charge in [-0.2, -0.15) is 13.2 Å². The largest absolute Gasteiger partial charge is 0.416 e. The van der Waals surface area contributed by atoms with Crippen molar-refractivity contribution in [2.75, 3.05) is 42.6 Å². The lowest BCUT2D eigenvalue weighted by Crippen LogP contribution is -2.23. The number of amides is 1. The van der Waals surface area contributed by atoms with Crippen molar-refractivity contribution in [3.63, 3.8) is 0 Å². The number of nitrogens with one attached hydrogen (secondary N) is 3. The summed E-state index contributed by atoms with van der Waals surface area (Å²) in [4.78, 5) is 19.1. The molecule has 0 aromatic heterocycles. The zero-order valence-electron chi connectivity index (χ0n) is 21.3. The van der Waals surface area contributed by atoms with Crippen LogP contribution in [0.15, 0.2) is 59.6 Å². The van der Waals surface area contributed by atoms with Crippen LogP contribution in [-0.2, 0) is 11.0 Å².